The van der Waals surface area contributed by atoms with Crippen LogP contribution in [0.25, 0.3) is 22.0 Å². The molecule has 2 aromatic carbocycles. The minimum absolute atomic E-state index is 0.0382. The summed E-state index contributed by atoms with van der Waals surface area (Å²) in [7, 11) is 0. The smallest absolute Gasteiger partial charge is 0.411 e. The fourth-order valence-electron chi connectivity index (χ4n) is 4.94. The number of carbonyl (C=O) groups is 1. The number of aromatic amines is 1. The monoisotopic (exact) mass is 467 g/mol. The number of piperidine rings is 1. The van der Waals surface area contributed by atoms with Crippen molar-refractivity contribution < 1.29 is 9.53 Å². The fraction of sp³-hybridized carbons (Fsp3) is 0.417. The molecule has 1 amide bonds. The molecule has 5 rings (SSSR count). The number of hydrogen-bond acceptors (Lipinski definition) is 3. The number of aromatic nitrogens is 2. The van der Waals surface area contributed by atoms with Crippen LogP contribution in [0.1, 0.15) is 51.9 Å². The maximum atomic E-state index is 12.9. The van der Waals surface area contributed by atoms with Crippen LogP contribution in [0.2, 0.25) is 0 Å². The van der Waals surface area contributed by atoms with Gasteiger partial charge in [0.15, 0.2) is 0 Å². The van der Waals surface area contributed by atoms with Crippen molar-refractivity contribution in [3.8, 4) is 11.3 Å². The van der Waals surface area contributed by atoms with Gasteiger partial charge in [-0.25, -0.2) is 9.78 Å². The number of ether oxygens (including phenoxy) is 1. The summed E-state index contributed by atoms with van der Waals surface area (Å²) in [5, 5.41) is 2.37. The van der Waals surface area contributed by atoms with Crippen LogP contribution in [0.5, 0.6) is 0 Å². The normalized spacial score (nSPS) is 23.3. The lowest BCUT2D eigenvalue weighted by atomic mass is 9.98. The first-order valence-electron chi connectivity index (χ1n) is 10.5. The van der Waals surface area contributed by atoms with E-state index in [1.54, 1.807) is 0 Å². The van der Waals surface area contributed by atoms with E-state index in [0.29, 0.717) is 5.92 Å². The highest BCUT2D eigenvalue weighted by Gasteiger charge is 2.51. The van der Waals surface area contributed by atoms with Gasteiger partial charge in [-0.15, -0.1) is 0 Å². The van der Waals surface area contributed by atoms with E-state index in [9.17, 15) is 4.79 Å². The van der Waals surface area contributed by atoms with E-state index in [1.807, 2.05) is 31.9 Å². The van der Waals surface area contributed by atoms with Crippen LogP contribution >= 0.6 is 15.9 Å². The molecule has 2 aliphatic rings. The summed E-state index contributed by atoms with van der Waals surface area (Å²) in [6.45, 7) is 5.74. The van der Waals surface area contributed by atoms with Gasteiger partial charge < -0.3 is 9.72 Å². The number of H-pyrrole nitrogens is 1. The molecule has 0 unspecified atom stereocenters. The average molecular weight is 468 g/mol. The second-order valence-corrected chi connectivity index (χ2v) is 10.4. The lowest BCUT2D eigenvalue weighted by molar-refractivity contribution is 0.00620. The number of nitrogens with zero attached hydrogens (tertiary/aromatic N) is 2. The number of nitrogens with one attached hydrogen (secondary N) is 1. The molecule has 1 aliphatic heterocycles. The Balaban J connectivity index is 1.45. The third kappa shape index (κ3) is 3.51. The summed E-state index contributed by atoms with van der Waals surface area (Å²) in [6, 6.07) is 12.9. The van der Waals surface area contributed by atoms with Crippen molar-refractivity contribution in [1.82, 2.24) is 14.9 Å². The summed E-state index contributed by atoms with van der Waals surface area (Å²) >= 11 is 3.53. The number of halogens is 1. The predicted molar refractivity (Wildman–Crippen MR) is 121 cm³/mol. The van der Waals surface area contributed by atoms with Crippen LogP contribution in [0.15, 0.2) is 47.1 Å². The molecule has 6 heteroatoms. The number of amides is 1. The number of carbonyl (C=O) groups excluding carboxylic acids is 1. The highest BCUT2D eigenvalue weighted by Crippen LogP contribution is 2.50. The standard InChI is InChI=1S/C24H26BrN3O2/c1-24(2,3)30-23(29)28-19-9-7-17(12-19)21(28)22-26-13-20(27-22)16-5-4-15-11-18(25)8-6-14(15)10-16/h4-6,8,10-11,13,17,19,21H,7,9,12H2,1-3H3,(H,26,27)/t17-,19+,21-/m0/s1. The second-order valence-electron chi connectivity index (χ2n) is 9.45. The van der Waals surface area contributed by atoms with E-state index in [1.165, 1.54) is 10.8 Å². The Morgan fingerprint density at radius 1 is 1.17 bits per heavy atom. The van der Waals surface area contributed by atoms with Gasteiger partial charge in [0.05, 0.1) is 17.9 Å². The summed E-state index contributed by atoms with van der Waals surface area (Å²) in [4.78, 5) is 23.1. The molecule has 156 valence electrons. The van der Waals surface area contributed by atoms with Gasteiger partial charge in [0.2, 0.25) is 0 Å². The van der Waals surface area contributed by atoms with Gasteiger partial charge in [0, 0.05) is 16.1 Å². The molecule has 5 nitrogen and oxygen atoms in total. The highest BCUT2D eigenvalue weighted by molar-refractivity contribution is 9.10. The summed E-state index contributed by atoms with van der Waals surface area (Å²) in [6.07, 6.45) is 4.87. The van der Waals surface area contributed by atoms with Gasteiger partial charge in [-0.2, -0.15) is 0 Å². The molecule has 3 atom stereocenters. The average Bonchev–Trinajstić information content (AvgIpc) is 3.41. The molecule has 2 fully saturated rings. The molecule has 2 heterocycles. The first-order valence-corrected chi connectivity index (χ1v) is 11.3. The van der Waals surface area contributed by atoms with Crippen LogP contribution in [-0.4, -0.2) is 32.6 Å². The van der Waals surface area contributed by atoms with Crippen molar-refractivity contribution in [1.29, 1.82) is 0 Å². The Bertz CT molecular complexity index is 1120. The lowest BCUT2D eigenvalue weighted by Crippen LogP contribution is -2.43. The van der Waals surface area contributed by atoms with E-state index in [-0.39, 0.29) is 18.2 Å². The predicted octanol–water partition coefficient (Wildman–Crippen LogP) is 6.45. The van der Waals surface area contributed by atoms with Crippen molar-refractivity contribution in [2.45, 2.75) is 57.7 Å². The van der Waals surface area contributed by atoms with Gasteiger partial charge in [-0.05, 0) is 74.9 Å². The molecule has 1 N–H and O–H groups in total. The molecule has 1 aromatic heterocycles. The van der Waals surface area contributed by atoms with Crippen LogP contribution in [0.3, 0.4) is 0 Å². The molecular formula is C24H26BrN3O2. The zero-order chi connectivity index (χ0) is 21.0. The van der Waals surface area contributed by atoms with E-state index >= 15 is 0 Å². The Labute approximate surface area is 185 Å². The molecule has 1 saturated carbocycles. The molecule has 1 aliphatic carbocycles. The van der Waals surface area contributed by atoms with Gasteiger partial charge in [0.1, 0.15) is 11.4 Å². The van der Waals surface area contributed by atoms with Gasteiger partial charge in [0.25, 0.3) is 0 Å². The van der Waals surface area contributed by atoms with Gasteiger partial charge in [-0.1, -0.05) is 34.1 Å². The largest absolute Gasteiger partial charge is 0.444 e. The molecular weight excluding hydrogens is 442 g/mol. The number of likely N-dealkylation sites (tertiary alicyclic amines) is 1. The van der Waals surface area contributed by atoms with Crippen molar-refractivity contribution in [2.75, 3.05) is 0 Å². The molecule has 1 saturated heterocycles. The van der Waals surface area contributed by atoms with E-state index in [0.717, 1.165) is 40.8 Å². The van der Waals surface area contributed by atoms with Crippen molar-refractivity contribution in [3.63, 3.8) is 0 Å². The number of hydrogen-bond donors (Lipinski definition) is 1. The van der Waals surface area contributed by atoms with Crippen LogP contribution in [0.4, 0.5) is 4.79 Å². The number of imidazole rings is 1. The minimum Gasteiger partial charge on any atom is -0.444 e. The third-order valence-electron chi connectivity index (χ3n) is 6.18. The molecule has 0 radical (unpaired) electrons. The third-order valence-corrected chi connectivity index (χ3v) is 6.67. The Hall–Kier alpha value is -2.34. The summed E-state index contributed by atoms with van der Waals surface area (Å²) in [5.41, 5.74) is 1.56. The topological polar surface area (TPSA) is 58.2 Å². The SMILES string of the molecule is CC(C)(C)OC(=O)N1[C@@H]2CC[C@@H](C2)[C@H]1c1ncc(-c2ccc3cc(Br)ccc3c2)[nH]1. The maximum absolute atomic E-state index is 12.9. The molecule has 3 aromatic rings. The summed E-state index contributed by atoms with van der Waals surface area (Å²) in [5.74, 6) is 1.30. The highest BCUT2D eigenvalue weighted by atomic mass is 79.9. The van der Waals surface area contributed by atoms with E-state index < -0.39 is 5.60 Å². The number of rotatable bonds is 2. The first-order chi connectivity index (χ1) is 14.3. The zero-order valence-corrected chi connectivity index (χ0v) is 19.1. The molecule has 0 spiro atoms. The Morgan fingerprint density at radius 2 is 1.93 bits per heavy atom. The number of fused-ring (bicyclic) bond motifs is 3. The van der Waals surface area contributed by atoms with Crippen molar-refractivity contribution in [2.24, 2.45) is 5.92 Å². The molecule has 30 heavy (non-hydrogen) atoms. The van der Waals surface area contributed by atoms with Crippen LogP contribution in [-0.2, 0) is 4.74 Å². The van der Waals surface area contributed by atoms with E-state index in [4.69, 9.17) is 9.72 Å². The summed E-state index contributed by atoms with van der Waals surface area (Å²) < 4.78 is 6.79. The lowest BCUT2D eigenvalue weighted by Gasteiger charge is -2.35. The minimum atomic E-state index is -0.502. The number of benzene rings is 2. The fourth-order valence-corrected chi connectivity index (χ4v) is 5.31. The maximum Gasteiger partial charge on any atom is 0.411 e. The Kier molecular flexibility index (Phi) is 4.65. The zero-order valence-electron chi connectivity index (χ0n) is 17.5. The molecule has 2 bridgehead atoms. The van der Waals surface area contributed by atoms with Gasteiger partial charge >= 0.3 is 6.09 Å². The van der Waals surface area contributed by atoms with Crippen molar-refractivity contribution >= 4 is 32.8 Å². The second kappa shape index (κ2) is 7.12. The van der Waals surface area contributed by atoms with E-state index in [2.05, 4.69) is 57.3 Å². The van der Waals surface area contributed by atoms with Crippen LogP contribution in [0, 0.1) is 5.92 Å². The van der Waals surface area contributed by atoms with Crippen LogP contribution < -0.4 is 0 Å². The first kappa shape index (κ1) is 19.6. The van der Waals surface area contributed by atoms with Crippen molar-refractivity contribution in [3.05, 3.63) is 52.9 Å². The quantitative estimate of drug-likeness (QED) is 0.470. The Morgan fingerprint density at radius 3 is 2.73 bits per heavy atom. The van der Waals surface area contributed by atoms with Gasteiger partial charge in [-0.3, -0.25) is 4.90 Å².